The van der Waals surface area contributed by atoms with E-state index >= 15 is 0 Å². The Balaban J connectivity index is 2.23. The van der Waals surface area contributed by atoms with Crippen LogP contribution in [0.1, 0.15) is 26.7 Å². The molecule has 1 saturated heterocycles. The van der Waals surface area contributed by atoms with Crippen molar-refractivity contribution in [1.29, 1.82) is 0 Å². The second-order valence-corrected chi connectivity index (χ2v) is 5.25. The van der Waals surface area contributed by atoms with Crippen LogP contribution in [0, 0.1) is 5.92 Å². The van der Waals surface area contributed by atoms with Crippen molar-refractivity contribution in [2.75, 3.05) is 39.3 Å². The molecule has 0 aromatic heterocycles. The van der Waals surface area contributed by atoms with Gasteiger partial charge in [0.15, 0.2) is 0 Å². The van der Waals surface area contributed by atoms with Crippen molar-refractivity contribution in [2.24, 2.45) is 11.7 Å². The van der Waals surface area contributed by atoms with Gasteiger partial charge in [-0.2, -0.15) is 0 Å². The number of hydrogen-bond acceptors (Lipinski definition) is 3. The molecule has 1 aliphatic rings. The molecule has 2 N–H and O–H groups in total. The zero-order chi connectivity index (χ0) is 12.0. The van der Waals surface area contributed by atoms with Gasteiger partial charge in [-0.3, -0.25) is 4.90 Å². The highest BCUT2D eigenvalue weighted by molar-refractivity contribution is 7.80. The Morgan fingerprint density at radius 3 is 2.06 bits per heavy atom. The summed E-state index contributed by atoms with van der Waals surface area (Å²) >= 11 is 4.94. The van der Waals surface area contributed by atoms with Crippen molar-refractivity contribution in [3.63, 3.8) is 0 Å². The number of hydrogen-bond donors (Lipinski definition) is 1. The molecule has 94 valence electrons. The van der Waals surface area contributed by atoms with Gasteiger partial charge in [-0.05, 0) is 5.92 Å². The minimum atomic E-state index is 0.619. The van der Waals surface area contributed by atoms with Gasteiger partial charge in [0.25, 0.3) is 0 Å². The predicted octanol–water partition coefficient (Wildman–Crippen LogP) is 1.33. The minimum absolute atomic E-state index is 0.619. The molecule has 0 aromatic rings. The largest absolute Gasteiger partial charge is 0.392 e. The van der Waals surface area contributed by atoms with Crippen LogP contribution in [0.25, 0.3) is 0 Å². The maximum Gasteiger partial charge on any atom is 0.0870 e. The fraction of sp³-hybridized carbons (Fsp3) is 0.917. The highest BCUT2D eigenvalue weighted by Crippen LogP contribution is 2.11. The first-order valence-electron chi connectivity index (χ1n) is 6.38. The fourth-order valence-electron chi connectivity index (χ4n) is 2.26. The molecule has 1 fully saturated rings. The van der Waals surface area contributed by atoms with Crippen LogP contribution in [0.5, 0.6) is 0 Å². The maximum absolute atomic E-state index is 5.56. The van der Waals surface area contributed by atoms with Gasteiger partial charge < -0.3 is 10.6 Å². The van der Waals surface area contributed by atoms with E-state index < -0.39 is 0 Å². The van der Waals surface area contributed by atoms with Crippen molar-refractivity contribution < 1.29 is 0 Å². The van der Waals surface area contributed by atoms with Crippen LogP contribution in [-0.4, -0.2) is 54.1 Å². The van der Waals surface area contributed by atoms with Crippen LogP contribution in [0.2, 0.25) is 0 Å². The third-order valence-corrected chi connectivity index (χ3v) is 3.64. The highest BCUT2D eigenvalue weighted by Gasteiger charge is 2.18. The SMILES string of the molecule is CCC(CC)CN1CCN(CC(N)=S)CC1. The molecule has 0 aliphatic carbocycles. The Labute approximate surface area is 105 Å². The lowest BCUT2D eigenvalue weighted by Gasteiger charge is -2.36. The van der Waals surface area contributed by atoms with Gasteiger partial charge in [-0.25, -0.2) is 0 Å². The molecule has 3 nitrogen and oxygen atoms in total. The molecule has 1 rings (SSSR count). The molecule has 0 bridgehead atoms. The van der Waals surface area contributed by atoms with Crippen LogP contribution in [0.4, 0.5) is 0 Å². The third kappa shape index (κ3) is 4.76. The molecule has 0 saturated carbocycles. The predicted molar refractivity (Wildman–Crippen MR) is 73.7 cm³/mol. The second-order valence-electron chi connectivity index (χ2n) is 4.73. The van der Waals surface area contributed by atoms with Crippen LogP contribution in [0.15, 0.2) is 0 Å². The lowest BCUT2D eigenvalue weighted by molar-refractivity contribution is 0.127. The number of thiocarbonyl (C=S) groups is 1. The van der Waals surface area contributed by atoms with E-state index in [0.717, 1.165) is 25.6 Å². The molecule has 0 unspecified atom stereocenters. The van der Waals surface area contributed by atoms with Gasteiger partial charge >= 0.3 is 0 Å². The molecular weight excluding hydrogens is 218 g/mol. The molecule has 0 spiro atoms. The zero-order valence-corrected chi connectivity index (χ0v) is 11.4. The van der Waals surface area contributed by atoms with Crippen molar-refractivity contribution in [1.82, 2.24) is 9.80 Å². The summed E-state index contributed by atoms with van der Waals surface area (Å²) in [6, 6.07) is 0. The number of nitrogens with two attached hydrogens (primary N) is 1. The lowest BCUT2D eigenvalue weighted by atomic mass is 10.0. The van der Waals surface area contributed by atoms with Crippen LogP contribution < -0.4 is 5.73 Å². The summed E-state index contributed by atoms with van der Waals surface area (Å²) in [6.45, 7) is 11.2. The minimum Gasteiger partial charge on any atom is -0.392 e. The topological polar surface area (TPSA) is 32.5 Å². The molecule has 0 atom stereocenters. The number of rotatable bonds is 6. The van der Waals surface area contributed by atoms with Crippen LogP contribution >= 0.6 is 12.2 Å². The van der Waals surface area contributed by atoms with E-state index in [1.54, 1.807) is 0 Å². The van der Waals surface area contributed by atoms with E-state index in [9.17, 15) is 0 Å². The molecule has 4 heteroatoms. The first-order valence-corrected chi connectivity index (χ1v) is 6.79. The number of piperazine rings is 1. The van der Waals surface area contributed by atoms with E-state index in [0.29, 0.717) is 4.99 Å². The average molecular weight is 243 g/mol. The standard InChI is InChI=1S/C12H25N3S/c1-3-11(4-2)9-14-5-7-15(8-6-14)10-12(13)16/h11H,3-10H2,1-2H3,(H2,13,16). The van der Waals surface area contributed by atoms with Crippen molar-refractivity contribution in [2.45, 2.75) is 26.7 Å². The zero-order valence-electron chi connectivity index (χ0n) is 10.6. The molecule has 0 amide bonds. The van der Waals surface area contributed by atoms with E-state index in [1.807, 2.05) is 0 Å². The fourth-order valence-corrected chi connectivity index (χ4v) is 2.44. The van der Waals surface area contributed by atoms with Crippen molar-refractivity contribution in [3.8, 4) is 0 Å². The summed E-state index contributed by atoms with van der Waals surface area (Å²) in [4.78, 5) is 5.55. The summed E-state index contributed by atoms with van der Waals surface area (Å²) in [7, 11) is 0. The lowest BCUT2D eigenvalue weighted by Crippen LogP contribution is -2.49. The average Bonchev–Trinajstić information content (AvgIpc) is 2.27. The molecule has 0 aromatic carbocycles. The third-order valence-electron chi connectivity index (χ3n) is 3.52. The molecule has 0 radical (unpaired) electrons. The Hall–Kier alpha value is -0.190. The summed E-state index contributed by atoms with van der Waals surface area (Å²) in [6.07, 6.45) is 2.59. The Morgan fingerprint density at radius 2 is 1.62 bits per heavy atom. The van der Waals surface area contributed by atoms with Gasteiger partial charge in [-0.1, -0.05) is 38.9 Å². The second kappa shape index (κ2) is 7.20. The Bertz CT molecular complexity index is 208. The Kier molecular flexibility index (Phi) is 6.24. The van der Waals surface area contributed by atoms with E-state index in [2.05, 4.69) is 23.6 Å². The molecule has 16 heavy (non-hydrogen) atoms. The quantitative estimate of drug-likeness (QED) is 0.713. The van der Waals surface area contributed by atoms with E-state index in [4.69, 9.17) is 18.0 Å². The van der Waals surface area contributed by atoms with Crippen LogP contribution in [-0.2, 0) is 0 Å². The van der Waals surface area contributed by atoms with Gasteiger partial charge in [0.05, 0.1) is 4.99 Å². The van der Waals surface area contributed by atoms with E-state index in [-0.39, 0.29) is 0 Å². The first kappa shape index (κ1) is 13.9. The summed E-state index contributed by atoms with van der Waals surface area (Å²) in [5, 5.41) is 0. The van der Waals surface area contributed by atoms with Crippen molar-refractivity contribution in [3.05, 3.63) is 0 Å². The molecule has 1 aliphatic heterocycles. The smallest absolute Gasteiger partial charge is 0.0870 e. The highest BCUT2D eigenvalue weighted by atomic mass is 32.1. The Morgan fingerprint density at radius 1 is 1.12 bits per heavy atom. The summed E-state index contributed by atoms with van der Waals surface area (Å²) in [5.74, 6) is 0.863. The van der Waals surface area contributed by atoms with Crippen LogP contribution in [0.3, 0.4) is 0 Å². The number of nitrogens with zero attached hydrogens (tertiary/aromatic N) is 2. The summed E-state index contributed by atoms with van der Waals surface area (Å²) < 4.78 is 0. The van der Waals surface area contributed by atoms with Crippen molar-refractivity contribution >= 4 is 17.2 Å². The first-order chi connectivity index (χ1) is 7.65. The van der Waals surface area contributed by atoms with Gasteiger partial charge in [0.1, 0.15) is 0 Å². The maximum atomic E-state index is 5.56. The van der Waals surface area contributed by atoms with Gasteiger partial charge in [0, 0.05) is 39.3 Å². The van der Waals surface area contributed by atoms with Gasteiger partial charge in [-0.15, -0.1) is 0 Å². The van der Waals surface area contributed by atoms with E-state index in [1.165, 1.54) is 32.5 Å². The summed E-state index contributed by atoms with van der Waals surface area (Å²) in [5.41, 5.74) is 5.56. The van der Waals surface area contributed by atoms with Gasteiger partial charge in [0.2, 0.25) is 0 Å². The molecular formula is C12H25N3S. The normalized spacial score (nSPS) is 19.2. The monoisotopic (exact) mass is 243 g/mol. The molecule has 1 heterocycles.